The summed E-state index contributed by atoms with van der Waals surface area (Å²) in [6.07, 6.45) is 0. The van der Waals surface area contributed by atoms with Gasteiger partial charge in [-0.15, -0.1) is 11.8 Å². The molecule has 0 amide bonds. The molecule has 2 N–H and O–H groups in total. The average molecular weight is 253 g/mol. The van der Waals surface area contributed by atoms with Gasteiger partial charge in [-0.1, -0.05) is 18.2 Å². The van der Waals surface area contributed by atoms with Crippen LogP contribution in [0.4, 0.5) is 0 Å². The Morgan fingerprint density at radius 3 is 3.00 bits per heavy atom. The van der Waals surface area contributed by atoms with E-state index in [-0.39, 0.29) is 6.04 Å². The van der Waals surface area contributed by atoms with E-state index in [0.29, 0.717) is 6.61 Å². The van der Waals surface area contributed by atoms with Gasteiger partial charge in [0.15, 0.2) is 5.37 Å². The molecule has 2 rings (SSSR count). The van der Waals surface area contributed by atoms with Crippen LogP contribution in [0.3, 0.4) is 0 Å². The van der Waals surface area contributed by atoms with E-state index in [4.69, 9.17) is 9.84 Å². The Bertz CT molecular complexity index is 410. The van der Waals surface area contributed by atoms with Crippen molar-refractivity contribution in [3.8, 4) is 5.75 Å². The molecule has 1 heterocycles. The second-order valence-corrected chi connectivity index (χ2v) is 4.88. The van der Waals surface area contributed by atoms with Gasteiger partial charge < -0.3 is 9.84 Å². The van der Waals surface area contributed by atoms with Crippen molar-refractivity contribution in [1.29, 1.82) is 0 Å². The Morgan fingerprint density at radius 2 is 2.35 bits per heavy atom. The lowest BCUT2D eigenvalue weighted by Crippen LogP contribution is -2.30. The third-order valence-electron chi connectivity index (χ3n) is 2.60. The van der Waals surface area contributed by atoms with Crippen LogP contribution >= 0.6 is 11.8 Å². The van der Waals surface area contributed by atoms with Crippen molar-refractivity contribution in [1.82, 2.24) is 5.32 Å². The predicted molar refractivity (Wildman–Crippen MR) is 67.4 cm³/mol. The molecule has 17 heavy (non-hydrogen) atoms. The molecule has 1 saturated heterocycles. The highest BCUT2D eigenvalue weighted by Gasteiger charge is 2.31. The average Bonchev–Trinajstić information content (AvgIpc) is 2.79. The van der Waals surface area contributed by atoms with Crippen LogP contribution in [-0.4, -0.2) is 28.8 Å². The van der Waals surface area contributed by atoms with Gasteiger partial charge >= 0.3 is 5.97 Å². The van der Waals surface area contributed by atoms with Gasteiger partial charge in [-0.3, -0.25) is 5.32 Å². The number of carboxylic acid groups (broad SMARTS) is 1. The first kappa shape index (κ1) is 12.3. The molecule has 0 saturated carbocycles. The highest BCUT2D eigenvalue weighted by molar-refractivity contribution is 8.00. The molecular formula is C12H15NO3S. The van der Waals surface area contributed by atoms with Gasteiger partial charge in [-0.05, 0) is 13.0 Å². The summed E-state index contributed by atoms with van der Waals surface area (Å²) in [6, 6.07) is 7.81. The van der Waals surface area contributed by atoms with Gasteiger partial charge in [0.25, 0.3) is 0 Å². The van der Waals surface area contributed by atoms with E-state index in [0.717, 1.165) is 17.1 Å². The van der Waals surface area contributed by atoms with E-state index in [1.54, 1.807) is 0 Å². The maximum Gasteiger partial charge on any atom is 0.331 e. The molecule has 5 heteroatoms. The van der Waals surface area contributed by atoms with Crippen LogP contribution in [0, 0.1) is 0 Å². The monoisotopic (exact) mass is 253 g/mol. The highest BCUT2D eigenvalue weighted by atomic mass is 32.2. The van der Waals surface area contributed by atoms with E-state index in [1.165, 1.54) is 11.8 Å². The SMILES string of the molecule is CCOc1ccccc1[C@@H]1CS[C@H](C(=O)O)N1. The largest absolute Gasteiger partial charge is 0.494 e. The summed E-state index contributed by atoms with van der Waals surface area (Å²) in [4.78, 5) is 10.9. The first-order valence-corrected chi connectivity index (χ1v) is 6.59. The van der Waals surface area contributed by atoms with Crippen LogP contribution in [0.5, 0.6) is 5.75 Å². The van der Waals surface area contributed by atoms with Crippen LogP contribution in [0.2, 0.25) is 0 Å². The fourth-order valence-electron chi connectivity index (χ4n) is 1.85. The Labute approximate surface area is 104 Å². The molecule has 1 aliphatic heterocycles. The lowest BCUT2D eigenvalue weighted by Gasteiger charge is -2.15. The number of thioether (sulfide) groups is 1. The molecule has 4 nitrogen and oxygen atoms in total. The Kier molecular flexibility index (Phi) is 3.91. The van der Waals surface area contributed by atoms with Crippen LogP contribution in [0.1, 0.15) is 18.5 Å². The predicted octanol–water partition coefficient (Wildman–Crippen LogP) is 1.87. The molecule has 92 valence electrons. The third-order valence-corrected chi connectivity index (χ3v) is 3.80. The summed E-state index contributed by atoms with van der Waals surface area (Å²) < 4.78 is 5.55. The molecule has 0 aromatic heterocycles. The Hall–Kier alpha value is -1.20. The Balaban J connectivity index is 2.15. The molecular weight excluding hydrogens is 238 g/mol. The van der Waals surface area contributed by atoms with Gasteiger partial charge in [0.05, 0.1) is 6.61 Å². The van der Waals surface area contributed by atoms with Crippen LogP contribution in [-0.2, 0) is 4.79 Å². The van der Waals surface area contributed by atoms with Crippen molar-refractivity contribution >= 4 is 17.7 Å². The first-order chi connectivity index (χ1) is 8.22. The smallest absolute Gasteiger partial charge is 0.331 e. The van der Waals surface area contributed by atoms with E-state index >= 15 is 0 Å². The molecule has 0 spiro atoms. The second kappa shape index (κ2) is 5.42. The minimum atomic E-state index is -0.814. The first-order valence-electron chi connectivity index (χ1n) is 5.54. The molecule has 0 unspecified atom stereocenters. The molecule has 1 aromatic carbocycles. The Morgan fingerprint density at radius 1 is 1.59 bits per heavy atom. The highest BCUT2D eigenvalue weighted by Crippen LogP contribution is 2.34. The van der Waals surface area contributed by atoms with E-state index < -0.39 is 11.3 Å². The van der Waals surface area contributed by atoms with E-state index in [2.05, 4.69) is 5.32 Å². The number of nitrogens with one attached hydrogen (secondary N) is 1. The van der Waals surface area contributed by atoms with E-state index in [1.807, 2.05) is 31.2 Å². The van der Waals surface area contributed by atoms with Crippen molar-refractivity contribution in [2.75, 3.05) is 12.4 Å². The normalized spacial score (nSPS) is 23.6. The second-order valence-electron chi connectivity index (χ2n) is 3.74. The molecule has 0 radical (unpaired) electrons. The van der Waals surface area contributed by atoms with Crippen LogP contribution in [0.25, 0.3) is 0 Å². The van der Waals surface area contributed by atoms with Gasteiger partial charge in [-0.25, -0.2) is 4.79 Å². The fraction of sp³-hybridized carbons (Fsp3) is 0.417. The van der Waals surface area contributed by atoms with Crippen LogP contribution < -0.4 is 10.1 Å². The summed E-state index contributed by atoms with van der Waals surface area (Å²) in [6.45, 7) is 2.55. The minimum Gasteiger partial charge on any atom is -0.494 e. The number of hydrogen-bond donors (Lipinski definition) is 2. The van der Waals surface area contributed by atoms with Gasteiger partial charge in [0.1, 0.15) is 5.75 Å². The molecule has 1 aliphatic rings. The number of carboxylic acids is 1. The minimum absolute atomic E-state index is 0.0452. The molecule has 1 aromatic rings. The quantitative estimate of drug-likeness (QED) is 0.858. The zero-order valence-electron chi connectivity index (χ0n) is 9.55. The number of aliphatic carboxylic acids is 1. The zero-order valence-corrected chi connectivity index (χ0v) is 10.4. The van der Waals surface area contributed by atoms with Crippen LogP contribution in [0.15, 0.2) is 24.3 Å². The summed E-state index contributed by atoms with van der Waals surface area (Å²) in [5.41, 5.74) is 1.03. The van der Waals surface area contributed by atoms with Crippen molar-refractivity contribution in [3.63, 3.8) is 0 Å². The van der Waals surface area contributed by atoms with Gasteiger partial charge in [0, 0.05) is 17.4 Å². The topological polar surface area (TPSA) is 58.6 Å². The number of rotatable bonds is 4. The number of carbonyl (C=O) groups is 1. The molecule has 1 fully saturated rings. The van der Waals surface area contributed by atoms with Gasteiger partial charge in [0.2, 0.25) is 0 Å². The molecule has 0 bridgehead atoms. The maximum absolute atomic E-state index is 10.9. The van der Waals surface area contributed by atoms with Crippen molar-refractivity contribution < 1.29 is 14.6 Å². The lowest BCUT2D eigenvalue weighted by molar-refractivity contribution is -0.137. The summed E-state index contributed by atoms with van der Waals surface area (Å²) in [7, 11) is 0. The standard InChI is InChI=1S/C12H15NO3S/c1-2-16-10-6-4-3-5-8(10)9-7-17-11(13-9)12(14)15/h3-6,9,11,13H,2,7H2,1H3,(H,14,15)/t9-,11+/m0/s1. The lowest BCUT2D eigenvalue weighted by atomic mass is 10.1. The van der Waals surface area contributed by atoms with Crippen molar-refractivity contribution in [2.45, 2.75) is 18.3 Å². The third kappa shape index (κ3) is 2.73. The number of hydrogen-bond acceptors (Lipinski definition) is 4. The number of benzene rings is 1. The fourth-order valence-corrected chi connectivity index (χ4v) is 2.91. The number of ether oxygens (including phenoxy) is 1. The molecule has 0 aliphatic carbocycles. The molecule has 2 atom stereocenters. The van der Waals surface area contributed by atoms with E-state index in [9.17, 15) is 4.79 Å². The zero-order chi connectivity index (χ0) is 12.3. The summed E-state index contributed by atoms with van der Waals surface area (Å²) in [5.74, 6) is 0.770. The van der Waals surface area contributed by atoms with Gasteiger partial charge in [-0.2, -0.15) is 0 Å². The summed E-state index contributed by atoms with van der Waals surface area (Å²) in [5, 5.41) is 11.5. The summed E-state index contributed by atoms with van der Waals surface area (Å²) >= 11 is 1.41. The van der Waals surface area contributed by atoms with Crippen molar-refractivity contribution in [2.24, 2.45) is 0 Å². The maximum atomic E-state index is 10.9. The van der Waals surface area contributed by atoms with Crippen molar-refractivity contribution in [3.05, 3.63) is 29.8 Å². The number of para-hydroxylation sites is 1.